The minimum Gasteiger partial charge on any atom is -0.481 e. The van der Waals surface area contributed by atoms with E-state index in [1.165, 1.54) is 6.20 Å². The zero-order chi connectivity index (χ0) is 25.9. The van der Waals surface area contributed by atoms with Crippen molar-refractivity contribution in [2.75, 3.05) is 18.2 Å². The van der Waals surface area contributed by atoms with Crippen molar-refractivity contribution >= 4 is 22.7 Å². The zero-order valence-corrected chi connectivity index (χ0v) is 20.1. The first-order chi connectivity index (χ1) is 18.0. The van der Waals surface area contributed by atoms with Crippen LogP contribution in [-0.2, 0) is 0 Å². The number of pyridine rings is 1. The molecule has 0 aliphatic heterocycles. The highest BCUT2D eigenvalue weighted by Gasteiger charge is 2.22. The Kier molecular flexibility index (Phi) is 6.18. The zero-order valence-electron chi connectivity index (χ0n) is 20.1. The molecule has 182 valence electrons. The van der Waals surface area contributed by atoms with Gasteiger partial charge in [-0.3, -0.25) is 9.36 Å². The molecule has 0 fully saturated rings. The quantitative estimate of drug-likeness (QED) is 0.362. The number of nitrogen functional groups attached to an aromatic ring is 1. The van der Waals surface area contributed by atoms with Crippen molar-refractivity contribution in [3.8, 4) is 28.9 Å². The van der Waals surface area contributed by atoms with Gasteiger partial charge in [-0.15, -0.1) is 0 Å². The molecule has 0 radical (unpaired) electrons. The summed E-state index contributed by atoms with van der Waals surface area (Å²) >= 11 is 0. The van der Waals surface area contributed by atoms with Gasteiger partial charge in [0.1, 0.15) is 23.3 Å². The van der Waals surface area contributed by atoms with Gasteiger partial charge >= 0.3 is 0 Å². The highest BCUT2D eigenvalue weighted by molar-refractivity contribution is 5.93. The second-order valence-corrected chi connectivity index (χ2v) is 8.18. The van der Waals surface area contributed by atoms with E-state index in [0.29, 0.717) is 39.6 Å². The molecule has 0 bridgehead atoms. The lowest BCUT2D eigenvalue weighted by atomic mass is 10.0. The van der Waals surface area contributed by atoms with Crippen LogP contribution in [0.5, 0.6) is 5.88 Å². The molecule has 5 rings (SSSR count). The fourth-order valence-electron chi connectivity index (χ4n) is 4.11. The summed E-state index contributed by atoms with van der Waals surface area (Å²) in [4.78, 5) is 31.6. The smallest absolute Gasteiger partial charge is 0.266 e. The van der Waals surface area contributed by atoms with Gasteiger partial charge in [0, 0.05) is 11.6 Å². The molecule has 0 aliphatic rings. The van der Waals surface area contributed by atoms with Gasteiger partial charge in [-0.25, -0.2) is 15.0 Å². The van der Waals surface area contributed by atoms with Crippen molar-refractivity contribution in [2.45, 2.75) is 13.0 Å². The summed E-state index contributed by atoms with van der Waals surface area (Å²) in [6, 6.07) is 21.6. The molecule has 0 spiro atoms. The Labute approximate surface area is 212 Å². The van der Waals surface area contributed by atoms with Gasteiger partial charge in [0.2, 0.25) is 11.8 Å². The van der Waals surface area contributed by atoms with Crippen LogP contribution in [0.25, 0.3) is 27.8 Å². The largest absolute Gasteiger partial charge is 0.481 e. The van der Waals surface area contributed by atoms with Gasteiger partial charge in [0.25, 0.3) is 5.56 Å². The number of ether oxygens (including phenoxy) is 1. The van der Waals surface area contributed by atoms with Crippen LogP contribution in [0.15, 0.2) is 77.7 Å². The molecule has 5 aromatic rings. The van der Waals surface area contributed by atoms with E-state index in [4.69, 9.17) is 15.5 Å². The van der Waals surface area contributed by atoms with Gasteiger partial charge in [-0.1, -0.05) is 36.4 Å². The Morgan fingerprint density at radius 3 is 2.57 bits per heavy atom. The Morgan fingerprint density at radius 2 is 1.81 bits per heavy atom. The highest BCUT2D eigenvalue weighted by Crippen LogP contribution is 2.28. The molecule has 0 amide bonds. The molecule has 10 heteroatoms. The second kappa shape index (κ2) is 9.75. The fourth-order valence-corrected chi connectivity index (χ4v) is 4.11. The van der Waals surface area contributed by atoms with Crippen LogP contribution < -0.4 is 21.3 Å². The number of benzene rings is 2. The van der Waals surface area contributed by atoms with E-state index in [2.05, 4.69) is 26.3 Å². The van der Waals surface area contributed by atoms with Gasteiger partial charge in [0.15, 0.2) is 0 Å². The minimum atomic E-state index is -0.530. The number of hydrogen-bond donors (Lipinski definition) is 2. The molecule has 3 aromatic heterocycles. The number of nitrogens with two attached hydrogens (primary N) is 1. The molecular formula is C27H22N8O2. The molecule has 3 heterocycles. The van der Waals surface area contributed by atoms with Gasteiger partial charge in [-0.2, -0.15) is 10.2 Å². The highest BCUT2D eigenvalue weighted by atomic mass is 16.5. The van der Waals surface area contributed by atoms with Gasteiger partial charge < -0.3 is 15.8 Å². The molecule has 10 nitrogen and oxygen atoms in total. The lowest BCUT2D eigenvalue weighted by molar-refractivity contribution is 0.398. The average molecular weight is 491 g/mol. The number of aromatic nitrogens is 5. The average Bonchev–Trinajstić information content (AvgIpc) is 2.93. The number of anilines is 2. The lowest BCUT2D eigenvalue weighted by Crippen LogP contribution is -2.28. The first-order valence-corrected chi connectivity index (χ1v) is 11.4. The summed E-state index contributed by atoms with van der Waals surface area (Å²) in [7, 11) is 1.54. The van der Waals surface area contributed by atoms with Crippen molar-refractivity contribution in [2.24, 2.45) is 0 Å². The van der Waals surface area contributed by atoms with Crippen LogP contribution in [0, 0.1) is 11.3 Å². The third kappa shape index (κ3) is 4.41. The number of nitriles is 1. The predicted molar refractivity (Wildman–Crippen MR) is 140 cm³/mol. The summed E-state index contributed by atoms with van der Waals surface area (Å²) in [6.07, 6.45) is 1.35. The molecule has 2 aromatic carbocycles. The summed E-state index contributed by atoms with van der Waals surface area (Å²) in [5.41, 5.74) is 8.09. The third-order valence-corrected chi connectivity index (χ3v) is 5.81. The number of nitrogens with zero attached hydrogens (tertiary/aromatic N) is 6. The van der Waals surface area contributed by atoms with E-state index in [0.717, 1.165) is 0 Å². The van der Waals surface area contributed by atoms with Crippen molar-refractivity contribution < 1.29 is 4.74 Å². The molecule has 3 N–H and O–H groups in total. The van der Waals surface area contributed by atoms with E-state index in [-0.39, 0.29) is 22.9 Å². The monoisotopic (exact) mass is 490 g/mol. The summed E-state index contributed by atoms with van der Waals surface area (Å²) in [5, 5.41) is 13.1. The summed E-state index contributed by atoms with van der Waals surface area (Å²) in [6.45, 7) is 1.83. The molecule has 0 unspecified atom stereocenters. The van der Waals surface area contributed by atoms with Crippen LogP contribution in [0.4, 0.5) is 11.8 Å². The van der Waals surface area contributed by atoms with Crippen LogP contribution in [0.1, 0.15) is 24.4 Å². The number of rotatable bonds is 6. The summed E-state index contributed by atoms with van der Waals surface area (Å²) in [5.74, 6) is 1.15. The second-order valence-electron chi connectivity index (χ2n) is 8.18. The first kappa shape index (κ1) is 23.4. The lowest BCUT2D eigenvalue weighted by Gasteiger charge is -2.21. The van der Waals surface area contributed by atoms with Gasteiger partial charge in [-0.05, 0) is 31.2 Å². The number of para-hydroxylation sites is 1. The topological polar surface area (TPSA) is 145 Å². The maximum absolute atomic E-state index is 14.2. The van der Waals surface area contributed by atoms with Crippen molar-refractivity contribution in [3.63, 3.8) is 0 Å². The van der Waals surface area contributed by atoms with Crippen molar-refractivity contribution in [1.29, 1.82) is 5.26 Å². The Balaban J connectivity index is 1.74. The first-order valence-electron chi connectivity index (χ1n) is 11.4. The van der Waals surface area contributed by atoms with E-state index < -0.39 is 6.04 Å². The maximum Gasteiger partial charge on any atom is 0.266 e. The standard InChI is InChI=1S/C27H22N8O2/c1-16(31-24-17(14-28)15-30-27(29)34-24)25-33-21-12-6-10-19(20-11-7-13-22(32-20)37-2)23(21)26(36)35(25)18-8-4-3-5-9-18/h3-13,15-16H,1-2H3,(H3,29,30,31,34)/t16-/m0/s1. The molecule has 1 atom stereocenters. The molecule has 0 aliphatic carbocycles. The van der Waals surface area contributed by atoms with E-state index >= 15 is 0 Å². The van der Waals surface area contributed by atoms with E-state index in [9.17, 15) is 10.1 Å². The number of hydrogen-bond acceptors (Lipinski definition) is 9. The Bertz CT molecular complexity index is 1710. The van der Waals surface area contributed by atoms with E-state index in [1.54, 1.807) is 23.8 Å². The van der Waals surface area contributed by atoms with Crippen molar-refractivity contribution in [1.82, 2.24) is 24.5 Å². The molecule has 37 heavy (non-hydrogen) atoms. The number of nitrogens with one attached hydrogen (secondary N) is 1. The van der Waals surface area contributed by atoms with Crippen LogP contribution in [0.3, 0.4) is 0 Å². The van der Waals surface area contributed by atoms with Crippen LogP contribution >= 0.6 is 0 Å². The normalized spacial score (nSPS) is 11.6. The van der Waals surface area contributed by atoms with E-state index in [1.807, 2.05) is 61.5 Å². The van der Waals surface area contributed by atoms with Crippen LogP contribution in [0.2, 0.25) is 0 Å². The SMILES string of the molecule is COc1cccc(-c2cccc3nc([C@H](C)Nc4nc(N)ncc4C#N)n(-c4ccccc4)c(=O)c23)n1. The fraction of sp³-hybridized carbons (Fsp3) is 0.111. The van der Waals surface area contributed by atoms with Crippen molar-refractivity contribution in [3.05, 3.63) is 94.7 Å². The minimum absolute atomic E-state index is 0.0241. The molecule has 0 saturated carbocycles. The van der Waals surface area contributed by atoms with Crippen LogP contribution in [-0.4, -0.2) is 31.6 Å². The Morgan fingerprint density at radius 1 is 1.03 bits per heavy atom. The number of fused-ring (bicyclic) bond motifs is 1. The predicted octanol–water partition coefficient (Wildman–Crippen LogP) is 3.87. The maximum atomic E-state index is 14.2. The Hall–Kier alpha value is -5.30. The molecule has 0 saturated heterocycles. The third-order valence-electron chi connectivity index (χ3n) is 5.81. The number of methoxy groups -OCH3 is 1. The molecular weight excluding hydrogens is 468 g/mol. The van der Waals surface area contributed by atoms with Gasteiger partial charge in [0.05, 0.1) is 41.6 Å². The summed E-state index contributed by atoms with van der Waals surface area (Å²) < 4.78 is 6.84.